The summed E-state index contributed by atoms with van der Waals surface area (Å²) in [4.78, 5) is 25.6. The van der Waals surface area contributed by atoms with Crippen molar-refractivity contribution in [1.29, 1.82) is 0 Å². The summed E-state index contributed by atoms with van der Waals surface area (Å²) in [5.74, 6) is -2.06. The van der Waals surface area contributed by atoms with Gasteiger partial charge in [0.2, 0.25) is 0 Å². The summed E-state index contributed by atoms with van der Waals surface area (Å²) in [6.07, 6.45) is 50.0. The average Bonchev–Trinajstić information content (AvgIpc) is 3.14. The average molecular weight is 892 g/mol. The first kappa shape index (κ1) is 57.8. The molecule has 0 aromatic carbocycles. The van der Waals surface area contributed by atoms with Crippen LogP contribution in [0.5, 0.6) is 0 Å². The maximum absolute atomic E-state index is 10.5. The van der Waals surface area contributed by atoms with E-state index in [2.05, 4.69) is 49.0 Å². The van der Waals surface area contributed by atoms with Gasteiger partial charge in [-0.2, -0.15) is 25.3 Å². The van der Waals surface area contributed by atoms with Crippen molar-refractivity contribution in [3.8, 4) is 0 Å². The number of carboxylic acids is 2. The molecule has 0 saturated heterocycles. The summed E-state index contributed by atoms with van der Waals surface area (Å²) < 4.78 is 0. The van der Waals surface area contributed by atoms with Gasteiger partial charge in [-0.15, -0.1) is 0 Å². The number of aliphatic carboxylic acids is 2. The van der Waals surface area contributed by atoms with Crippen molar-refractivity contribution in [2.75, 3.05) is 0 Å². The molecular weight excluding hydrogens is 799 g/mol. The van der Waals surface area contributed by atoms with Gasteiger partial charge >= 0.3 is 31.0 Å². The maximum atomic E-state index is 10.5. The summed E-state index contributed by atoms with van der Waals surface area (Å²) in [6.45, 7) is 4.56. The molecule has 0 amide bonds. The van der Waals surface area contributed by atoms with Crippen LogP contribution >= 0.6 is 25.3 Å². The van der Waals surface area contributed by atoms with Gasteiger partial charge < -0.3 is 19.8 Å². The van der Waals surface area contributed by atoms with Gasteiger partial charge in [-0.3, -0.25) is 0 Å². The monoisotopic (exact) mass is 893 g/mol. The Labute approximate surface area is 354 Å². The minimum absolute atomic E-state index is 0.230. The predicted octanol–water partition coefficient (Wildman–Crippen LogP) is 13.7. The van der Waals surface area contributed by atoms with E-state index < -0.39 is 22.4 Å². The zero-order valence-electron chi connectivity index (χ0n) is 36.1. The molecule has 0 rings (SSSR count). The SMILES string of the molecule is CCCCCCCCCCCCCCCCCCCCC(S)C(=O)[O-].CCCCCCCCCCCCCCCCCCCCC(S)C(=O)[O-].[CH3][Sn+2][CH3]. The quantitative estimate of drug-likeness (QED) is 0.0365. The predicted molar refractivity (Wildman–Crippen MR) is 240 cm³/mol. The van der Waals surface area contributed by atoms with E-state index in [0.29, 0.717) is 12.8 Å². The van der Waals surface area contributed by atoms with Crippen LogP contribution in [0, 0.1) is 0 Å². The zero-order chi connectivity index (χ0) is 39.9. The van der Waals surface area contributed by atoms with E-state index in [1.54, 1.807) is 0 Å². The number of hydrogen-bond acceptors (Lipinski definition) is 6. The van der Waals surface area contributed by atoms with Crippen LogP contribution in [-0.4, -0.2) is 43.6 Å². The summed E-state index contributed by atoms with van der Waals surface area (Å²) in [6, 6.07) is 0. The van der Waals surface area contributed by atoms with E-state index in [0.717, 1.165) is 25.7 Å². The molecule has 0 aromatic rings. The van der Waals surface area contributed by atoms with Gasteiger partial charge in [-0.25, -0.2) is 0 Å². The van der Waals surface area contributed by atoms with Gasteiger partial charge in [-0.05, 0) is 12.8 Å². The van der Waals surface area contributed by atoms with Crippen LogP contribution in [0.4, 0.5) is 0 Å². The molecule has 0 aliphatic rings. The summed E-state index contributed by atoms with van der Waals surface area (Å²) in [5, 5.41) is 19.9. The molecule has 0 N–H and O–H groups in total. The molecular formula is C46H92O4S2Sn. The van der Waals surface area contributed by atoms with Gasteiger partial charge in [0, 0.05) is 10.5 Å². The molecule has 2 atom stereocenters. The van der Waals surface area contributed by atoms with Gasteiger partial charge in [0.05, 0.1) is 11.9 Å². The van der Waals surface area contributed by atoms with E-state index >= 15 is 0 Å². The Balaban J connectivity index is -0.000000877. The second kappa shape index (κ2) is 52.4. The Morgan fingerprint density at radius 3 is 0.623 bits per heavy atom. The number of carbonyl (C=O) groups is 2. The van der Waals surface area contributed by atoms with Crippen molar-refractivity contribution < 1.29 is 19.8 Å². The third-order valence-corrected chi connectivity index (χ3v) is 11.1. The number of thiol groups is 2. The fourth-order valence-corrected chi connectivity index (χ4v) is 7.08. The molecule has 0 radical (unpaired) electrons. The van der Waals surface area contributed by atoms with E-state index in [1.807, 2.05) is 0 Å². The number of rotatable bonds is 40. The summed E-state index contributed by atoms with van der Waals surface area (Å²) in [5.41, 5.74) is 0. The van der Waals surface area contributed by atoms with Gasteiger partial charge in [0.1, 0.15) is 0 Å². The van der Waals surface area contributed by atoms with Gasteiger partial charge in [0.15, 0.2) is 0 Å². The molecule has 2 unspecified atom stereocenters. The first-order chi connectivity index (χ1) is 25.8. The number of carboxylic acid groups (broad SMARTS) is 2. The first-order valence-corrected chi connectivity index (χ1v) is 29.9. The number of unbranched alkanes of at least 4 members (excludes halogenated alkanes) is 34. The van der Waals surface area contributed by atoms with Crippen molar-refractivity contribution >= 4 is 58.3 Å². The molecule has 0 bridgehead atoms. The number of carbonyl (C=O) groups excluding carboxylic acids is 2. The first-order valence-electron chi connectivity index (χ1n) is 23.1. The molecule has 0 spiro atoms. The van der Waals surface area contributed by atoms with Gasteiger partial charge in [0.25, 0.3) is 0 Å². The summed E-state index contributed by atoms with van der Waals surface area (Å²) >= 11 is 8.23. The Morgan fingerprint density at radius 1 is 0.358 bits per heavy atom. The van der Waals surface area contributed by atoms with Crippen LogP contribution in [0.1, 0.15) is 258 Å². The van der Waals surface area contributed by atoms with Crippen LogP contribution < -0.4 is 10.2 Å². The van der Waals surface area contributed by atoms with Crippen molar-refractivity contribution in [3.05, 3.63) is 0 Å². The fraction of sp³-hybridized carbons (Fsp3) is 0.957. The second-order valence-corrected chi connectivity index (χ2v) is 19.9. The van der Waals surface area contributed by atoms with Crippen molar-refractivity contribution in [1.82, 2.24) is 0 Å². The van der Waals surface area contributed by atoms with Crippen molar-refractivity contribution in [2.24, 2.45) is 0 Å². The van der Waals surface area contributed by atoms with Crippen LogP contribution in [0.25, 0.3) is 0 Å². The molecule has 4 nitrogen and oxygen atoms in total. The van der Waals surface area contributed by atoms with Crippen molar-refractivity contribution in [2.45, 2.75) is 278 Å². The molecule has 7 heteroatoms. The molecule has 0 aliphatic heterocycles. The van der Waals surface area contributed by atoms with Crippen LogP contribution in [0.15, 0.2) is 0 Å². The van der Waals surface area contributed by atoms with Crippen LogP contribution in [0.3, 0.4) is 0 Å². The Morgan fingerprint density at radius 2 is 0.491 bits per heavy atom. The number of hydrogen-bond donors (Lipinski definition) is 2. The third kappa shape index (κ3) is 56.9. The zero-order valence-corrected chi connectivity index (χ0v) is 40.7. The Kier molecular flexibility index (Phi) is 57.1. The summed E-state index contributed by atoms with van der Waals surface area (Å²) in [7, 11) is 0. The van der Waals surface area contributed by atoms with E-state index in [4.69, 9.17) is 0 Å². The van der Waals surface area contributed by atoms with E-state index in [9.17, 15) is 19.8 Å². The molecule has 0 aromatic heterocycles. The molecule has 53 heavy (non-hydrogen) atoms. The van der Waals surface area contributed by atoms with E-state index in [1.165, 1.54) is 205 Å². The van der Waals surface area contributed by atoms with Crippen LogP contribution in [-0.2, 0) is 9.59 Å². The molecule has 0 fully saturated rings. The molecule has 0 heterocycles. The Bertz CT molecular complexity index is 640. The van der Waals surface area contributed by atoms with Crippen LogP contribution in [0.2, 0.25) is 9.88 Å². The minimum atomic E-state index is -1.03. The molecule has 0 saturated carbocycles. The topological polar surface area (TPSA) is 80.3 Å². The standard InChI is InChI=1S/2C22H44O2S.2CH3.Sn/c2*1-2-3-4-5-6-7-8-9-10-11-12-13-14-15-16-17-18-19-20-21(25)22(23)24;;;/h2*21,25H,2-20H2,1H3,(H,23,24);2*1H3;/q;;;;+2/p-2. The second-order valence-electron chi connectivity index (χ2n) is 15.8. The fourth-order valence-electron chi connectivity index (χ4n) is 6.71. The normalized spacial score (nSPS) is 11.9. The molecule has 0 aliphatic carbocycles. The molecule has 316 valence electrons. The van der Waals surface area contributed by atoms with Gasteiger partial charge in [-0.1, -0.05) is 245 Å². The Hall–Kier alpha value is 0.439. The van der Waals surface area contributed by atoms with E-state index in [-0.39, 0.29) is 21.1 Å². The van der Waals surface area contributed by atoms with Crippen molar-refractivity contribution in [3.63, 3.8) is 0 Å². The third-order valence-electron chi connectivity index (χ3n) is 10.2.